The molecule has 0 radical (unpaired) electrons. The van der Waals surface area contributed by atoms with Gasteiger partial charge in [0.05, 0.1) is 6.33 Å². The number of thiophene rings is 1. The highest BCUT2D eigenvalue weighted by molar-refractivity contribution is 7.25. The first-order chi connectivity index (χ1) is 13.8. The average molecular weight is 381 g/mol. The lowest BCUT2D eigenvalue weighted by Gasteiger charge is -2.14. The lowest BCUT2D eigenvalue weighted by molar-refractivity contribution is 0.784. The molecule has 2 aromatic heterocycles. The van der Waals surface area contributed by atoms with E-state index in [1.165, 1.54) is 42.4 Å². The van der Waals surface area contributed by atoms with Gasteiger partial charge in [-0.3, -0.25) is 0 Å². The normalized spacial score (nSPS) is 12.5. The highest BCUT2D eigenvalue weighted by Crippen LogP contribution is 2.37. The van der Waals surface area contributed by atoms with E-state index in [2.05, 4.69) is 89.3 Å². The van der Waals surface area contributed by atoms with Crippen LogP contribution in [0.1, 0.15) is 18.1 Å². The lowest BCUT2D eigenvalue weighted by atomic mass is 9.92. The van der Waals surface area contributed by atoms with Gasteiger partial charge >= 0.3 is 0 Å². The van der Waals surface area contributed by atoms with Crippen molar-refractivity contribution < 1.29 is 0 Å². The Kier molecular flexibility index (Phi) is 4.30. The van der Waals surface area contributed by atoms with Crippen LogP contribution < -0.4 is 0 Å². The Labute approximate surface area is 168 Å². The van der Waals surface area contributed by atoms with Gasteiger partial charge in [0, 0.05) is 39.1 Å². The number of nitrogens with zero attached hydrogens (tertiary/aromatic N) is 2. The molecule has 0 amide bonds. The molecule has 3 heteroatoms. The van der Waals surface area contributed by atoms with Crippen molar-refractivity contribution in [1.29, 1.82) is 0 Å². The van der Waals surface area contributed by atoms with Crippen molar-refractivity contribution in [2.75, 3.05) is 0 Å². The van der Waals surface area contributed by atoms with E-state index >= 15 is 0 Å². The van der Waals surface area contributed by atoms with Gasteiger partial charge in [-0.25, -0.2) is 4.98 Å². The molecule has 136 valence electrons. The fourth-order valence-electron chi connectivity index (χ4n) is 3.88. The van der Waals surface area contributed by atoms with E-state index in [-0.39, 0.29) is 0 Å². The smallest absolute Gasteiger partial charge is 0.0948 e. The van der Waals surface area contributed by atoms with Gasteiger partial charge in [0.2, 0.25) is 0 Å². The molecule has 3 aromatic carbocycles. The van der Waals surface area contributed by atoms with E-state index in [1.54, 1.807) is 0 Å². The van der Waals surface area contributed by atoms with E-state index in [0.717, 1.165) is 6.54 Å². The third-order valence-electron chi connectivity index (χ3n) is 5.13. The molecule has 0 saturated carbocycles. The van der Waals surface area contributed by atoms with Crippen molar-refractivity contribution in [1.82, 2.24) is 9.55 Å². The summed E-state index contributed by atoms with van der Waals surface area (Å²) in [6.07, 6.45) is 5.72. The molecule has 0 bridgehead atoms. The highest BCUT2D eigenvalue weighted by Gasteiger charge is 2.12. The van der Waals surface area contributed by atoms with E-state index in [4.69, 9.17) is 0 Å². The van der Waals surface area contributed by atoms with Crippen molar-refractivity contribution >= 4 is 37.1 Å². The Morgan fingerprint density at radius 1 is 0.857 bits per heavy atom. The van der Waals surface area contributed by atoms with Gasteiger partial charge in [-0.2, -0.15) is 0 Å². The molecule has 2 heterocycles. The summed E-state index contributed by atoms with van der Waals surface area (Å²) in [5, 5.41) is 2.67. The molecule has 0 aliphatic rings. The zero-order valence-electron chi connectivity index (χ0n) is 15.7. The van der Waals surface area contributed by atoms with Crippen LogP contribution in [-0.2, 0) is 6.54 Å². The molecule has 0 fully saturated rings. The zero-order chi connectivity index (χ0) is 18.9. The maximum absolute atomic E-state index is 4.19. The molecule has 28 heavy (non-hydrogen) atoms. The Balaban J connectivity index is 1.71. The number of fused-ring (bicyclic) bond motifs is 3. The molecule has 0 unspecified atom stereocenters. The molecule has 0 spiro atoms. The topological polar surface area (TPSA) is 17.8 Å². The summed E-state index contributed by atoms with van der Waals surface area (Å²) in [6, 6.07) is 26.2. The molecule has 0 saturated heterocycles. The number of hydrogen-bond donors (Lipinski definition) is 0. The summed E-state index contributed by atoms with van der Waals surface area (Å²) >= 11 is 1.86. The van der Waals surface area contributed by atoms with Crippen molar-refractivity contribution in [3.63, 3.8) is 0 Å². The SMILES string of the molecule is CC(Cn1ccnc1)=C(c1ccccc1)c1ccc2sc3ccccc3c2c1. The molecule has 0 aliphatic carbocycles. The zero-order valence-corrected chi connectivity index (χ0v) is 16.5. The quantitative estimate of drug-likeness (QED) is 0.336. The van der Waals surface area contributed by atoms with Gasteiger partial charge in [0.1, 0.15) is 0 Å². The first-order valence-corrected chi connectivity index (χ1v) is 10.2. The fourth-order valence-corrected chi connectivity index (χ4v) is 4.97. The van der Waals surface area contributed by atoms with Crippen molar-refractivity contribution in [3.8, 4) is 0 Å². The maximum atomic E-state index is 4.19. The van der Waals surface area contributed by atoms with Crippen molar-refractivity contribution in [2.45, 2.75) is 13.5 Å². The van der Waals surface area contributed by atoms with Gasteiger partial charge in [0.25, 0.3) is 0 Å². The molecule has 5 rings (SSSR count). The van der Waals surface area contributed by atoms with Crippen LogP contribution in [0.5, 0.6) is 0 Å². The van der Waals surface area contributed by atoms with Gasteiger partial charge in [-0.15, -0.1) is 11.3 Å². The minimum Gasteiger partial charge on any atom is -0.333 e. The van der Waals surface area contributed by atoms with Crippen LogP contribution in [0.4, 0.5) is 0 Å². The first-order valence-electron chi connectivity index (χ1n) is 9.42. The number of imidazole rings is 1. The van der Waals surface area contributed by atoms with Crippen LogP contribution in [0.25, 0.3) is 25.7 Å². The molecule has 2 nitrogen and oxygen atoms in total. The summed E-state index contributed by atoms with van der Waals surface area (Å²) < 4.78 is 4.80. The minimum atomic E-state index is 0.826. The monoisotopic (exact) mass is 380 g/mol. The summed E-state index contributed by atoms with van der Waals surface area (Å²) in [6.45, 7) is 3.05. The van der Waals surface area contributed by atoms with E-state index in [9.17, 15) is 0 Å². The highest BCUT2D eigenvalue weighted by atomic mass is 32.1. The Morgan fingerprint density at radius 3 is 2.46 bits per heavy atom. The van der Waals surface area contributed by atoms with E-state index in [0.29, 0.717) is 0 Å². The van der Waals surface area contributed by atoms with Gasteiger partial charge in [-0.1, -0.05) is 54.6 Å². The predicted molar refractivity (Wildman–Crippen MR) is 120 cm³/mol. The standard InChI is InChI=1S/C25H20N2S/c1-18(16-27-14-13-26-17-27)25(19-7-3-2-4-8-19)20-11-12-24-22(15-20)21-9-5-6-10-23(21)28-24/h2-15,17H,16H2,1H3. The van der Waals surface area contributed by atoms with Crippen LogP contribution in [-0.4, -0.2) is 9.55 Å². The van der Waals surface area contributed by atoms with Crippen molar-refractivity contribution in [2.24, 2.45) is 0 Å². The molecule has 5 aromatic rings. The Bertz CT molecular complexity index is 1280. The molecule has 0 atom stereocenters. The first kappa shape index (κ1) is 17.0. The predicted octanol–water partition coefficient (Wildman–Crippen LogP) is 6.77. The third kappa shape index (κ3) is 3.04. The van der Waals surface area contributed by atoms with Crippen LogP contribution in [0.3, 0.4) is 0 Å². The van der Waals surface area contributed by atoms with Gasteiger partial charge in [-0.05, 0) is 47.4 Å². The van der Waals surface area contributed by atoms with Gasteiger partial charge < -0.3 is 4.57 Å². The van der Waals surface area contributed by atoms with E-state index in [1.807, 2.05) is 30.1 Å². The number of hydrogen-bond acceptors (Lipinski definition) is 2. The van der Waals surface area contributed by atoms with Gasteiger partial charge in [0.15, 0.2) is 0 Å². The van der Waals surface area contributed by atoms with Crippen molar-refractivity contribution in [3.05, 3.63) is 108 Å². The maximum Gasteiger partial charge on any atom is 0.0948 e. The number of allylic oxidation sites excluding steroid dienone is 1. The second kappa shape index (κ2) is 7.10. The second-order valence-corrected chi connectivity index (χ2v) is 8.15. The molecule has 0 aliphatic heterocycles. The second-order valence-electron chi connectivity index (χ2n) is 7.07. The largest absolute Gasteiger partial charge is 0.333 e. The summed E-state index contributed by atoms with van der Waals surface area (Å²) in [4.78, 5) is 4.19. The molecule has 0 N–H and O–H groups in total. The molecular formula is C25H20N2S. The van der Waals surface area contributed by atoms with Crippen LogP contribution in [0, 0.1) is 0 Å². The van der Waals surface area contributed by atoms with E-state index < -0.39 is 0 Å². The Hall–Kier alpha value is -3.17. The summed E-state index contributed by atoms with van der Waals surface area (Å²) in [5.74, 6) is 0. The Morgan fingerprint density at radius 2 is 1.64 bits per heavy atom. The van der Waals surface area contributed by atoms with Crippen LogP contribution in [0.15, 0.2) is 97.1 Å². The minimum absolute atomic E-state index is 0.826. The number of aromatic nitrogens is 2. The van der Waals surface area contributed by atoms with Crippen LogP contribution in [0.2, 0.25) is 0 Å². The number of benzene rings is 3. The lowest BCUT2D eigenvalue weighted by Crippen LogP contribution is -2.00. The number of rotatable bonds is 4. The summed E-state index contributed by atoms with van der Waals surface area (Å²) in [7, 11) is 0. The van der Waals surface area contributed by atoms with Crippen LogP contribution >= 0.6 is 11.3 Å². The summed E-state index contributed by atoms with van der Waals surface area (Å²) in [5.41, 5.74) is 5.13. The average Bonchev–Trinajstić information content (AvgIpc) is 3.36. The fraction of sp³-hybridized carbons (Fsp3) is 0.0800. The molecular weight excluding hydrogens is 360 g/mol. The third-order valence-corrected chi connectivity index (χ3v) is 6.29.